The maximum atomic E-state index is 12.7. The van der Waals surface area contributed by atoms with Crippen LogP contribution in [0.15, 0.2) is 65.1 Å². The summed E-state index contributed by atoms with van der Waals surface area (Å²) in [6.45, 7) is 0.682. The van der Waals surface area contributed by atoms with Crippen LogP contribution >= 0.6 is 0 Å². The van der Waals surface area contributed by atoms with Crippen LogP contribution in [0.4, 0.5) is 11.4 Å². The van der Waals surface area contributed by atoms with Crippen molar-refractivity contribution < 1.29 is 9.21 Å². The number of carbonyl (C=O) groups is 1. The summed E-state index contributed by atoms with van der Waals surface area (Å²) in [5.74, 6) is 0.828. The van der Waals surface area contributed by atoms with Crippen molar-refractivity contribution >= 4 is 17.3 Å². The first-order valence-corrected chi connectivity index (χ1v) is 7.58. The fraction of sp³-hybridized carbons (Fsp3) is 0.105. The van der Waals surface area contributed by atoms with Gasteiger partial charge in [0.1, 0.15) is 5.76 Å². The zero-order valence-corrected chi connectivity index (χ0v) is 12.5. The van der Waals surface area contributed by atoms with Crippen LogP contribution in [0.1, 0.15) is 16.1 Å². The van der Waals surface area contributed by atoms with Gasteiger partial charge in [-0.05, 0) is 42.3 Å². The number of benzene rings is 2. The molecule has 1 amide bonds. The molecule has 2 N–H and O–H groups in total. The zero-order valence-electron chi connectivity index (χ0n) is 12.5. The second-order valence-electron chi connectivity index (χ2n) is 5.59. The van der Waals surface area contributed by atoms with Gasteiger partial charge < -0.3 is 15.1 Å². The van der Waals surface area contributed by atoms with Crippen molar-refractivity contribution in [2.24, 2.45) is 0 Å². The summed E-state index contributed by atoms with van der Waals surface area (Å²) < 4.78 is 5.77. The van der Waals surface area contributed by atoms with Gasteiger partial charge in [-0.1, -0.05) is 30.3 Å². The van der Waals surface area contributed by atoms with Crippen LogP contribution in [-0.4, -0.2) is 12.5 Å². The minimum absolute atomic E-state index is 0.115. The fourth-order valence-corrected chi connectivity index (χ4v) is 3.00. The van der Waals surface area contributed by atoms with Crippen molar-refractivity contribution in [2.75, 3.05) is 17.2 Å². The average Bonchev–Trinajstić information content (AvgIpc) is 3.22. The summed E-state index contributed by atoms with van der Waals surface area (Å²) >= 11 is 0. The Bertz CT molecular complexity index is 882. The van der Waals surface area contributed by atoms with E-state index in [1.807, 2.05) is 42.5 Å². The third-order valence-corrected chi connectivity index (χ3v) is 4.18. The SMILES string of the molecule is Nc1ccccc1-c1ccc(C(=O)N2CCc3ccccc32)o1. The summed E-state index contributed by atoms with van der Waals surface area (Å²) in [6, 6.07) is 18.9. The number of nitrogen functional groups attached to an aromatic ring is 1. The summed E-state index contributed by atoms with van der Waals surface area (Å²) in [6.07, 6.45) is 0.876. The molecule has 0 radical (unpaired) electrons. The third kappa shape index (κ3) is 2.28. The first-order valence-electron chi connectivity index (χ1n) is 7.58. The largest absolute Gasteiger partial charge is 0.451 e. The highest BCUT2D eigenvalue weighted by Gasteiger charge is 2.27. The molecule has 2 aromatic carbocycles. The molecule has 114 valence electrons. The minimum Gasteiger partial charge on any atom is -0.451 e. The van der Waals surface area contributed by atoms with Gasteiger partial charge in [-0.15, -0.1) is 0 Å². The smallest absolute Gasteiger partial charge is 0.294 e. The number of amides is 1. The second-order valence-corrected chi connectivity index (χ2v) is 5.59. The molecular formula is C19H16N2O2. The molecule has 1 aromatic heterocycles. The Morgan fingerprint density at radius 2 is 1.78 bits per heavy atom. The summed E-state index contributed by atoms with van der Waals surface area (Å²) in [5.41, 5.74) is 9.56. The number of rotatable bonds is 2. The number of furan rings is 1. The van der Waals surface area contributed by atoms with Gasteiger partial charge in [0.15, 0.2) is 5.76 Å². The molecule has 0 unspecified atom stereocenters. The van der Waals surface area contributed by atoms with Crippen molar-refractivity contribution in [3.63, 3.8) is 0 Å². The molecule has 0 saturated carbocycles. The number of carbonyl (C=O) groups excluding carboxylic acids is 1. The molecule has 0 atom stereocenters. The summed E-state index contributed by atoms with van der Waals surface area (Å²) in [7, 11) is 0. The maximum Gasteiger partial charge on any atom is 0.294 e. The van der Waals surface area contributed by atoms with Crippen molar-refractivity contribution in [1.29, 1.82) is 0 Å². The second kappa shape index (κ2) is 5.32. The lowest BCUT2D eigenvalue weighted by molar-refractivity contribution is 0.0963. The van der Waals surface area contributed by atoms with Crippen LogP contribution in [-0.2, 0) is 6.42 Å². The van der Waals surface area contributed by atoms with E-state index in [1.165, 1.54) is 5.56 Å². The highest BCUT2D eigenvalue weighted by Crippen LogP contribution is 2.31. The standard InChI is InChI=1S/C19H16N2O2/c20-15-7-3-2-6-14(15)17-9-10-18(23-17)19(22)21-12-11-13-5-1-4-8-16(13)21/h1-10H,11-12,20H2. The van der Waals surface area contributed by atoms with Gasteiger partial charge in [0.25, 0.3) is 5.91 Å². The van der Waals surface area contributed by atoms with Gasteiger partial charge in [-0.25, -0.2) is 0 Å². The quantitative estimate of drug-likeness (QED) is 0.734. The number of anilines is 2. The van der Waals surface area contributed by atoms with E-state index < -0.39 is 0 Å². The number of para-hydroxylation sites is 2. The van der Waals surface area contributed by atoms with Gasteiger partial charge in [0.05, 0.1) is 0 Å². The highest BCUT2D eigenvalue weighted by molar-refractivity contribution is 6.05. The molecule has 0 aliphatic carbocycles. The monoisotopic (exact) mass is 304 g/mol. The Hall–Kier alpha value is -3.01. The lowest BCUT2D eigenvalue weighted by Crippen LogP contribution is -2.28. The number of hydrogen-bond donors (Lipinski definition) is 1. The number of hydrogen-bond acceptors (Lipinski definition) is 3. The molecule has 1 aliphatic rings. The van der Waals surface area contributed by atoms with E-state index >= 15 is 0 Å². The van der Waals surface area contributed by atoms with E-state index in [0.717, 1.165) is 17.7 Å². The van der Waals surface area contributed by atoms with E-state index in [-0.39, 0.29) is 5.91 Å². The van der Waals surface area contributed by atoms with Gasteiger partial charge in [0.2, 0.25) is 0 Å². The molecule has 4 rings (SSSR count). The van der Waals surface area contributed by atoms with Crippen LogP contribution in [0.25, 0.3) is 11.3 Å². The fourth-order valence-electron chi connectivity index (χ4n) is 3.00. The predicted octanol–water partition coefficient (Wildman–Crippen LogP) is 3.73. The first-order chi connectivity index (χ1) is 11.2. The van der Waals surface area contributed by atoms with Crippen molar-refractivity contribution in [1.82, 2.24) is 0 Å². The topological polar surface area (TPSA) is 59.5 Å². The molecule has 1 aliphatic heterocycles. The van der Waals surface area contributed by atoms with Gasteiger partial charge in [-0.2, -0.15) is 0 Å². The van der Waals surface area contributed by atoms with E-state index in [0.29, 0.717) is 23.8 Å². The molecule has 23 heavy (non-hydrogen) atoms. The predicted molar refractivity (Wildman–Crippen MR) is 90.4 cm³/mol. The normalized spacial score (nSPS) is 13.1. The first kappa shape index (κ1) is 13.6. The van der Waals surface area contributed by atoms with Crippen molar-refractivity contribution in [2.45, 2.75) is 6.42 Å². The highest BCUT2D eigenvalue weighted by atomic mass is 16.4. The Morgan fingerprint density at radius 3 is 2.65 bits per heavy atom. The molecular weight excluding hydrogens is 288 g/mol. The van der Waals surface area contributed by atoms with E-state index in [4.69, 9.17) is 10.2 Å². The Labute approximate surface area is 134 Å². The molecule has 3 aromatic rings. The summed E-state index contributed by atoms with van der Waals surface area (Å²) in [5, 5.41) is 0. The van der Waals surface area contributed by atoms with Crippen LogP contribution < -0.4 is 10.6 Å². The van der Waals surface area contributed by atoms with Gasteiger partial charge in [-0.3, -0.25) is 4.79 Å². The maximum absolute atomic E-state index is 12.7. The molecule has 0 saturated heterocycles. The molecule has 4 nitrogen and oxygen atoms in total. The number of nitrogens with zero attached hydrogens (tertiary/aromatic N) is 1. The van der Waals surface area contributed by atoms with Crippen LogP contribution in [0.3, 0.4) is 0 Å². The Kier molecular flexibility index (Phi) is 3.15. The van der Waals surface area contributed by atoms with E-state index in [2.05, 4.69) is 6.07 Å². The molecule has 0 spiro atoms. The third-order valence-electron chi connectivity index (χ3n) is 4.18. The molecule has 4 heteroatoms. The number of fused-ring (bicyclic) bond motifs is 1. The molecule has 0 fully saturated rings. The van der Waals surface area contributed by atoms with Crippen LogP contribution in [0.2, 0.25) is 0 Å². The minimum atomic E-state index is -0.115. The van der Waals surface area contributed by atoms with Gasteiger partial charge >= 0.3 is 0 Å². The lowest BCUT2D eigenvalue weighted by Gasteiger charge is -2.15. The van der Waals surface area contributed by atoms with Crippen molar-refractivity contribution in [3.05, 3.63) is 72.0 Å². The Morgan fingerprint density at radius 1 is 1.00 bits per heavy atom. The number of nitrogens with two attached hydrogens (primary N) is 1. The average molecular weight is 304 g/mol. The van der Waals surface area contributed by atoms with Crippen LogP contribution in [0, 0.1) is 0 Å². The van der Waals surface area contributed by atoms with E-state index in [1.54, 1.807) is 17.0 Å². The molecule has 2 heterocycles. The zero-order chi connectivity index (χ0) is 15.8. The molecule has 0 bridgehead atoms. The summed E-state index contributed by atoms with van der Waals surface area (Å²) in [4.78, 5) is 14.5. The van der Waals surface area contributed by atoms with Crippen LogP contribution in [0.5, 0.6) is 0 Å². The van der Waals surface area contributed by atoms with E-state index in [9.17, 15) is 4.79 Å². The van der Waals surface area contributed by atoms with Crippen molar-refractivity contribution in [3.8, 4) is 11.3 Å². The van der Waals surface area contributed by atoms with Gasteiger partial charge in [0, 0.05) is 23.5 Å². The lowest BCUT2D eigenvalue weighted by atomic mass is 10.1. The Balaban J connectivity index is 1.65.